The number of benzene rings is 1. The van der Waals surface area contributed by atoms with Crippen molar-refractivity contribution in [3.8, 4) is 5.75 Å². The lowest BCUT2D eigenvalue weighted by atomic mass is 10.1. The van der Waals surface area contributed by atoms with Gasteiger partial charge in [0.05, 0.1) is 31.3 Å². The lowest BCUT2D eigenvalue weighted by molar-refractivity contribution is -0.133. The summed E-state index contributed by atoms with van der Waals surface area (Å²) in [6, 6.07) is 11.9. The van der Waals surface area contributed by atoms with E-state index in [-0.39, 0.29) is 11.9 Å². The number of hydrogen-bond acceptors (Lipinski definition) is 4. The summed E-state index contributed by atoms with van der Waals surface area (Å²) in [5.74, 6) is 0.939. The Morgan fingerprint density at radius 1 is 1.28 bits per heavy atom. The fourth-order valence-corrected chi connectivity index (χ4v) is 3.13. The highest BCUT2D eigenvalue weighted by Gasteiger charge is 2.28. The van der Waals surface area contributed by atoms with Gasteiger partial charge in [-0.25, -0.2) is 0 Å². The molecule has 134 valence electrons. The predicted octanol–water partition coefficient (Wildman–Crippen LogP) is 2.19. The van der Waals surface area contributed by atoms with E-state index in [1.54, 1.807) is 0 Å². The van der Waals surface area contributed by atoms with Crippen molar-refractivity contribution in [3.05, 3.63) is 48.3 Å². The van der Waals surface area contributed by atoms with E-state index < -0.39 is 0 Å². The maximum absolute atomic E-state index is 12.6. The number of carbonyl (C=O) groups is 1. The molecule has 0 N–H and O–H groups in total. The molecule has 25 heavy (non-hydrogen) atoms. The fourth-order valence-electron chi connectivity index (χ4n) is 3.13. The second kappa shape index (κ2) is 8.16. The molecule has 1 aliphatic heterocycles. The van der Waals surface area contributed by atoms with Gasteiger partial charge in [-0.2, -0.15) is 5.10 Å². The van der Waals surface area contributed by atoms with Crippen LogP contribution in [0.5, 0.6) is 5.75 Å². The van der Waals surface area contributed by atoms with Crippen LogP contribution in [0.25, 0.3) is 0 Å². The smallest absolute Gasteiger partial charge is 0.226 e. The van der Waals surface area contributed by atoms with E-state index in [2.05, 4.69) is 28.8 Å². The van der Waals surface area contributed by atoms with Crippen LogP contribution in [0, 0.1) is 0 Å². The highest BCUT2D eigenvalue weighted by molar-refractivity contribution is 5.76. The molecule has 6 heteroatoms. The predicted molar refractivity (Wildman–Crippen MR) is 96.4 cm³/mol. The quantitative estimate of drug-likeness (QED) is 0.774. The Kier molecular flexibility index (Phi) is 5.71. The van der Waals surface area contributed by atoms with Gasteiger partial charge in [0.25, 0.3) is 0 Å². The SMILES string of the molecule is CN(C)CC[C@H]1CN(C(=O)CCOc2ccccc2)Cc2ccnn21. The standard InChI is InChI=1S/C19H26N4O2/c1-21(2)12-9-17-15-22(14-16-8-11-20-23(16)17)19(24)10-13-25-18-6-4-3-5-7-18/h3-8,11,17H,9-10,12-15H2,1-2H3/t17-/m0/s1. The van der Waals surface area contributed by atoms with Crippen molar-refractivity contribution >= 4 is 5.91 Å². The summed E-state index contributed by atoms with van der Waals surface area (Å²) in [6.45, 7) is 2.72. The second-order valence-electron chi connectivity index (χ2n) is 6.70. The van der Waals surface area contributed by atoms with Crippen LogP contribution in [0.15, 0.2) is 42.6 Å². The summed E-state index contributed by atoms with van der Waals surface area (Å²) in [5.41, 5.74) is 1.10. The molecule has 0 bridgehead atoms. The third kappa shape index (κ3) is 4.60. The van der Waals surface area contributed by atoms with E-state index in [0.717, 1.165) is 24.4 Å². The van der Waals surface area contributed by atoms with Gasteiger partial charge in [0.1, 0.15) is 5.75 Å². The highest BCUT2D eigenvalue weighted by Crippen LogP contribution is 2.23. The van der Waals surface area contributed by atoms with Crippen LogP contribution in [0.4, 0.5) is 0 Å². The van der Waals surface area contributed by atoms with Gasteiger partial charge in [-0.3, -0.25) is 9.48 Å². The van der Waals surface area contributed by atoms with E-state index in [9.17, 15) is 4.79 Å². The topological polar surface area (TPSA) is 50.6 Å². The molecule has 0 fully saturated rings. The third-order valence-electron chi connectivity index (χ3n) is 4.47. The molecular formula is C19H26N4O2. The first-order valence-electron chi connectivity index (χ1n) is 8.76. The van der Waals surface area contributed by atoms with E-state index in [1.807, 2.05) is 47.5 Å². The summed E-state index contributed by atoms with van der Waals surface area (Å²) >= 11 is 0. The first kappa shape index (κ1) is 17.5. The van der Waals surface area contributed by atoms with E-state index in [0.29, 0.717) is 26.1 Å². The molecule has 1 aromatic heterocycles. The van der Waals surface area contributed by atoms with Crippen LogP contribution in [-0.2, 0) is 11.3 Å². The molecule has 2 heterocycles. The van der Waals surface area contributed by atoms with Crippen LogP contribution in [0.2, 0.25) is 0 Å². The number of carbonyl (C=O) groups excluding carboxylic acids is 1. The number of aromatic nitrogens is 2. The van der Waals surface area contributed by atoms with Crippen molar-refractivity contribution in [1.82, 2.24) is 19.6 Å². The van der Waals surface area contributed by atoms with Gasteiger partial charge in [-0.15, -0.1) is 0 Å². The van der Waals surface area contributed by atoms with E-state index >= 15 is 0 Å². The number of ether oxygens (including phenoxy) is 1. The lowest BCUT2D eigenvalue weighted by Gasteiger charge is -2.34. The van der Waals surface area contributed by atoms with Crippen molar-refractivity contribution in [2.75, 3.05) is 33.8 Å². The molecule has 1 aromatic carbocycles. The van der Waals surface area contributed by atoms with Gasteiger partial charge >= 0.3 is 0 Å². The summed E-state index contributed by atoms with van der Waals surface area (Å²) in [4.78, 5) is 16.7. The Bertz CT molecular complexity index is 684. The van der Waals surface area contributed by atoms with Gasteiger partial charge < -0.3 is 14.5 Å². The normalized spacial score (nSPS) is 16.8. The van der Waals surface area contributed by atoms with Crippen LogP contribution in [0.3, 0.4) is 0 Å². The van der Waals surface area contributed by atoms with Crippen molar-refractivity contribution in [1.29, 1.82) is 0 Å². The average Bonchev–Trinajstić information content (AvgIpc) is 3.09. The summed E-state index contributed by atoms with van der Waals surface area (Å²) in [7, 11) is 4.13. The maximum atomic E-state index is 12.6. The number of rotatable bonds is 7. The Morgan fingerprint density at radius 3 is 2.84 bits per heavy atom. The minimum Gasteiger partial charge on any atom is -0.493 e. The number of amides is 1. The Morgan fingerprint density at radius 2 is 2.08 bits per heavy atom. The monoisotopic (exact) mass is 342 g/mol. The molecule has 0 radical (unpaired) electrons. The van der Waals surface area contributed by atoms with Crippen molar-refractivity contribution in [3.63, 3.8) is 0 Å². The number of fused-ring (bicyclic) bond motifs is 1. The Hall–Kier alpha value is -2.34. The average molecular weight is 342 g/mol. The summed E-state index contributed by atoms with van der Waals surface area (Å²) in [5, 5.41) is 4.45. The summed E-state index contributed by atoms with van der Waals surface area (Å²) in [6.07, 6.45) is 3.19. The number of hydrogen-bond donors (Lipinski definition) is 0. The molecule has 2 aromatic rings. The second-order valence-corrected chi connectivity index (χ2v) is 6.70. The van der Waals surface area contributed by atoms with Gasteiger partial charge in [-0.05, 0) is 45.3 Å². The van der Waals surface area contributed by atoms with Crippen LogP contribution < -0.4 is 4.74 Å². The molecule has 1 amide bonds. The van der Waals surface area contributed by atoms with Crippen LogP contribution in [0.1, 0.15) is 24.6 Å². The zero-order chi connectivity index (χ0) is 17.6. The molecule has 1 atom stereocenters. The van der Waals surface area contributed by atoms with Crippen molar-refractivity contribution in [2.24, 2.45) is 0 Å². The maximum Gasteiger partial charge on any atom is 0.226 e. The first-order valence-corrected chi connectivity index (χ1v) is 8.76. The number of nitrogens with zero attached hydrogens (tertiary/aromatic N) is 4. The molecule has 0 spiro atoms. The third-order valence-corrected chi connectivity index (χ3v) is 4.47. The minimum atomic E-state index is 0.137. The van der Waals surface area contributed by atoms with Crippen LogP contribution in [-0.4, -0.2) is 59.3 Å². The van der Waals surface area contributed by atoms with Gasteiger partial charge in [0, 0.05) is 12.7 Å². The molecule has 0 saturated carbocycles. The molecule has 0 unspecified atom stereocenters. The summed E-state index contributed by atoms with van der Waals surface area (Å²) < 4.78 is 7.73. The van der Waals surface area contributed by atoms with Gasteiger partial charge in [-0.1, -0.05) is 18.2 Å². The lowest BCUT2D eigenvalue weighted by Crippen LogP contribution is -2.42. The van der Waals surface area contributed by atoms with Gasteiger partial charge in [0.15, 0.2) is 0 Å². The van der Waals surface area contributed by atoms with E-state index in [1.165, 1.54) is 0 Å². The van der Waals surface area contributed by atoms with E-state index in [4.69, 9.17) is 4.74 Å². The first-order chi connectivity index (χ1) is 12.1. The number of para-hydroxylation sites is 1. The molecule has 0 aliphatic carbocycles. The largest absolute Gasteiger partial charge is 0.493 e. The van der Waals surface area contributed by atoms with Crippen LogP contribution >= 0.6 is 0 Å². The van der Waals surface area contributed by atoms with Crippen molar-refractivity contribution < 1.29 is 9.53 Å². The minimum absolute atomic E-state index is 0.137. The zero-order valence-corrected chi connectivity index (χ0v) is 15.0. The molecule has 1 aliphatic rings. The molecule has 6 nitrogen and oxygen atoms in total. The molecule has 3 rings (SSSR count). The van der Waals surface area contributed by atoms with Crippen molar-refractivity contribution in [2.45, 2.75) is 25.4 Å². The Balaban J connectivity index is 1.55. The Labute approximate surface area is 149 Å². The zero-order valence-electron chi connectivity index (χ0n) is 15.0. The highest BCUT2D eigenvalue weighted by atomic mass is 16.5. The van der Waals surface area contributed by atoms with Gasteiger partial charge in [0.2, 0.25) is 5.91 Å². The fraction of sp³-hybridized carbons (Fsp3) is 0.474. The molecular weight excluding hydrogens is 316 g/mol. The molecule has 0 saturated heterocycles.